The van der Waals surface area contributed by atoms with Gasteiger partial charge in [-0.3, -0.25) is 4.79 Å². The lowest BCUT2D eigenvalue weighted by molar-refractivity contribution is 0.0641. The second kappa shape index (κ2) is 3.84. The molecule has 2 heterocycles. The quantitative estimate of drug-likeness (QED) is 0.728. The van der Waals surface area contributed by atoms with Crippen LogP contribution >= 0.6 is 15.9 Å². The third kappa shape index (κ3) is 1.63. The van der Waals surface area contributed by atoms with E-state index < -0.39 is 0 Å². The van der Waals surface area contributed by atoms with E-state index in [1.165, 1.54) is 0 Å². The lowest BCUT2D eigenvalue weighted by atomic mass is 9.89. The van der Waals surface area contributed by atoms with Crippen molar-refractivity contribution in [2.75, 3.05) is 0 Å². The van der Waals surface area contributed by atoms with Crippen molar-refractivity contribution in [3.8, 4) is 0 Å². The first-order valence-electron chi connectivity index (χ1n) is 6.15. The molecule has 0 saturated carbocycles. The Labute approximate surface area is 110 Å². The molecule has 2 saturated heterocycles. The Morgan fingerprint density at radius 3 is 2.65 bits per heavy atom. The van der Waals surface area contributed by atoms with E-state index in [4.69, 9.17) is 0 Å². The number of nitrogens with zero attached hydrogens (tertiary/aromatic N) is 1. The summed E-state index contributed by atoms with van der Waals surface area (Å²) in [4.78, 5) is 15.1. The molecule has 3 rings (SSSR count). The van der Waals surface area contributed by atoms with Crippen LogP contribution < -0.4 is 0 Å². The van der Waals surface area contributed by atoms with Crippen molar-refractivity contribution in [3.05, 3.63) is 35.9 Å². The van der Waals surface area contributed by atoms with E-state index in [2.05, 4.69) is 27.8 Å². The van der Waals surface area contributed by atoms with Gasteiger partial charge in [-0.2, -0.15) is 0 Å². The van der Waals surface area contributed by atoms with Crippen molar-refractivity contribution >= 4 is 21.8 Å². The van der Waals surface area contributed by atoms with E-state index in [0.29, 0.717) is 10.9 Å². The number of carbonyl (C=O) groups excluding carboxylic acids is 1. The van der Waals surface area contributed by atoms with Crippen LogP contribution in [0.3, 0.4) is 0 Å². The lowest BCUT2D eigenvalue weighted by Gasteiger charge is -2.31. The van der Waals surface area contributed by atoms with Crippen molar-refractivity contribution in [2.45, 2.75) is 42.6 Å². The summed E-state index contributed by atoms with van der Waals surface area (Å²) < 4.78 is 0. The normalized spacial score (nSPS) is 35.3. The van der Waals surface area contributed by atoms with Crippen LogP contribution in [0.2, 0.25) is 0 Å². The van der Waals surface area contributed by atoms with Crippen LogP contribution in [0.15, 0.2) is 30.3 Å². The van der Waals surface area contributed by atoms with Crippen LogP contribution in [-0.4, -0.2) is 27.2 Å². The molecule has 17 heavy (non-hydrogen) atoms. The number of halogens is 1. The van der Waals surface area contributed by atoms with Crippen LogP contribution in [0.25, 0.3) is 0 Å². The smallest absolute Gasteiger partial charge is 0.254 e. The van der Waals surface area contributed by atoms with E-state index in [9.17, 15) is 4.79 Å². The van der Waals surface area contributed by atoms with Gasteiger partial charge in [0.25, 0.3) is 5.91 Å². The van der Waals surface area contributed by atoms with Crippen LogP contribution in [0, 0.1) is 0 Å². The third-order valence-electron chi connectivity index (χ3n) is 4.18. The lowest BCUT2D eigenvalue weighted by Crippen LogP contribution is -2.43. The van der Waals surface area contributed by atoms with Gasteiger partial charge in [-0.25, -0.2) is 0 Å². The second-order valence-corrected chi connectivity index (χ2v) is 6.54. The molecule has 1 amide bonds. The number of rotatable bonds is 1. The Morgan fingerprint density at radius 2 is 2.12 bits per heavy atom. The highest BCUT2D eigenvalue weighted by molar-refractivity contribution is 9.09. The molecule has 0 N–H and O–H groups in total. The molecule has 0 aromatic heterocycles. The van der Waals surface area contributed by atoms with Crippen molar-refractivity contribution in [1.82, 2.24) is 4.90 Å². The first-order chi connectivity index (χ1) is 8.12. The Bertz CT molecular complexity index is 447. The van der Waals surface area contributed by atoms with Crippen LogP contribution in [0.5, 0.6) is 0 Å². The molecule has 2 bridgehead atoms. The zero-order valence-electron chi connectivity index (χ0n) is 9.90. The van der Waals surface area contributed by atoms with E-state index in [1.54, 1.807) is 0 Å². The fraction of sp³-hybridized carbons (Fsp3) is 0.500. The number of hydrogen-bond donors (Lipinski definition) is 0. The molecule has 2 aliphatic rings. The minimum atomic E-state index is 0.0613. The zero-order chi connectivity index (χ0) is 12.0. The molecule has 2 aliphatic heterocycles. The first kappa shape index (κ1) is 11.3. The van der Waals surface area contributed by atoms with E-state index in [0.717, 1.165) is 24.8 Å². The molecule has 3 atom stereocenters. The van der Waals surface area contributed by atoms with Gasteiger partial charge in [0.2, 0.25) is 0 Å². The molecule has 3 heteroatoms. The number of amides is 1. The molecular weight excluding hydrogens is 278 g/mol. The van der Waals surface area contributed by atoms with Gasteiger partial charge in [0.1, 0.15) is 0 Å². The molecule has 0 radical (unpaired) electrons. The van der Waals surface area contributed by atoms with Crippen LogP contribution in [0.4, 0.5) is 0 Å². The number of fused-ring (bicyclic) bond motifs is 2. The predicted octanol–water partition coefficient (Wildman–Crippen LogP) is 3.22. The maximum atomic E-state index is 12.6. The molecule has 2 fully saturated rings. The van der Waals surface area contributed by atoms with Gasteiger partial charge >= 0.3 is 0 Å². The fourth-order valence-electron chi connectivity index (χ4n) is 3.32. The molecule has 0 aliphatic carbocycles. The summed E-state index contributed by atoms with van der Waals surface area (Å²) in [5, 5.41) is 0. The van der Waals surface area contributed by atoms with E-state index in [1.807, 2.05) is 30.3 Å². The van der Waals surface area contributed by atoms with Gasteiger partial charge < -0.3 is 4.90 Å². The number of alkyl halides is 1. The van der Waals surface area contributed by atoms with Gasteiger partial charge in [0.15, 0.2) is 0 Å². The molecule has 1 aromatic carbocycles. The summed E-state index contributed by atoms with van der Waals surface area (Å²) in [6.07, 6.45) is 3.35. The fourth-order valence-corrected chi connectivity index (χ4v) is 4.52. The number of benzene rings is 1. The van der Waals surface area contributed by atoms with Crippen molar-refractivity contribution < 1.29 is 4.79 Å². The summed E-state index contributed by atoms with van der Waals surface area (Å²) in [7, 11) is 0. The molecule has 2 nitrogen and oxygen atoms in total. The summed E-state index contributed by atoms with van der Waals surface area (Å²) in [5.74, 6) is 0.192. The third-order valence-corrected chi connectivity index (χ3v) is 5.12. The van der Waals surface area contributed by atoms with Crippen LogP contribution in [0.1, 0.15) is 36.5 Å². The molecule has 0 spiro atoms. The highest BCUT2D eigenvalue weighted by atomic mass is 79.9. The first-order valence-corrected chi connectivity index (χ1v) is 7.06. The molecule has 0 unspecified atom stereocenters. The maximum absolute atomic E-state index is 12.6. The SMILES string of the molecule is C[C@@]12CC[C@@H]([C@H](Br)C1)N2C(=O)c1ccccc1. The molecule has 90 valence electrons. The van der Waals surface area contributed by atoms with Crippen LogP contribution in [-0.2, 0) is 0 Å². The van der Waals surface area contributed by atoms with Gasteiger partial charge in [0.05, 0.1) is 0 Å². The summed E-state index contributed by atoms with van der Waals surface area (Å²) >= 11 is 3.72. The second-order valence-electron chi connectivity index (χ2n) is 5.36. The summed E-state index contributed by atoms with van der Waals surface area (Å²) in [6, 6.07) is 10.0. The summed E-state index contributed by atoms with van der Waals surface area (Å²) in [5.41, 5.74) is 0.874. The average molecular weight is 294 g/mol. The van der Waals surface area contributed by atoms with Crippen molar-refractivity contribution in [3.63, 3.8) is 0 Å². The Balaban J connectivity index is 1.94. The average Bonchev–Trinajstić information content (AvgIpc) is 2.78. The number of hydrogen-bond acceptors (Lipinski definition) is 1. The minimum absolute atomic E-state index is 0.0613. The zero-order valence-corrected chi connectivity index (χ0v) is 11.5. The summed E-state index contributed by atoms with van der Waals surface area (Å²) in [6.45, 7) is 2.22. The molecular formula is C14H16BrNO. The van der Waals surface area contributed by atoms with E-state index >= 15 is 0 Å². The van der Waals surface area contributed by atoms with Gasteiger partial charge in [-0.05, 0) is 38.3 Å². The Hall–Kier alpha value is -0.830. The predicted molar refractivity (Wildman–Crippen MR) is 71.4 cm³/mol. The Kier molecular flexibility index (Phi) is 2.54. The maximum Gasteiger partial charge on any atom is 0.254 e. The standard InChI is InChI=1S/C14H16BrNO/c1-14-8-7-12(11(15)9-14)16(14)13(17)10-5-3-2-4-6-10/h2-6,11-12H,7-9H2,1H3/t11-,12+,14-/m1/s1. The van der Waals surface area contributed by atoms with Gasteiger partial charge in [-0.1, -0.05) is 34.1 Å². The van der Waals surface area contributed by atoms with Gasteiger partial charge in [0, 0.05) is 22.0 Å². The van der Waals surface area contributed by atoms with Crippen molar-refractivity contribution in [1.29, 1.82) is 0 Å². The molecule has 1 aromatic rings. The number of carbonyl (C=O) groups is 1. The monoisotopic (exact) mass is 293 g/mol. The van der Waals surface area contributed by atoms with Gasteiger partial charge in [-0.15, -0.1) is 0 Å². The largest absolute Gasteiger partial charge is 0.329 e. The highest BCUT2D eigenvalue weighted by Gasteiger charge is 2.55. The minimum Gasteiger partial charge on any atom is -0.329 e. The van der Waals surface area contributed by atoms with E-state index in [-0.39, 0.29) is 11.4 Å². The highest BCUT2D eigenvalue weighted by Crippen LogP contribution is 2.49. The topological polar surface area (TPSA) is 20.3 Å². The Morgan fingerprint density at radius 1 is 1.41 bits per heavy atom. The van der Waals surface area contributed by atoms with Crippen molar-refractivity contribution in [2.24, 2.45) is 0 Å².